The summed E-state index contributed by atoms with van der Waals surface area (Å²) in [7, 11) is 0. The fourth-order valence-corrected chi connectivity index (χ4v) is 1.77. The Bertz CT molecular complexity index is 773. The Labute approximate surface area is 119 Å². The third-order valence-electron chi connectivity index (χ3n) is 2.80. The molecule has 7 heteroatoms. The van der Waals surface area contributed by atoms with Crippen LogP contribution >= 0.6 is 0 Å². The molecule has 0 saturated carbocycles. The number of benzene rings is 1. The first-order valence-corrected chi connectivity index (χ1v) is 6.09. The first-order valence-electron chi connectivity index (χ1n) is 6.09. The van der Waals surface area contributed by atoms with Gasteiger partial charge in [0.05, 0.1) is 11.1 Å². The lowest BCUT2D eigenvalue weighted by atomic mass is 10.1. The summed E-state index contributed by atoms with van der Waals surface area (Å²) in [5.74, 6) is 1.20. The quantitative estimate of drug-likeness (QED) is 0.418. The summed E-state index contributed by atoms with van der Waals surface area (Å²) in [6.07, 6.45) is 6.46. The van der Waals surface area contributed by atoms with Crippen LogP contribution in [-0.2, 0) is 0 Å². The second-order valence-electron chi connectivity index (χ2n) is 4.19. The van der Waals surface area contributed by atoms with Gasteiger partial charge in [0.25, 0.3) is 5.69 Å². The standard InChI is InChI=1S/C14H10N4O3/c19-18(20)12-3-1-11(2-4-12)14-6-5-13(21-14)9-16-17-8-7-15-10-17/h1-10H. The number of furan rings is 1. The maximum Gasteiger partial charge on any atom is 0.269 e. The summed E-state index contributed by atoms with van der Waals surface area (Å²) in [6, 6.07) is 9.74. The van der Waals surface area contributed by atoms with Crippen molar-refractivity contribution in [2.45, 2.75) is 0 Å². The molecule has 0 aliphatic carbocycles. The third kappa shape index (κ3) is 2.86. The van der Waals surface area contributed by atoms with Gasteiger partial charge in [-0.25, -0.2) is 9.66 Å². The van der Waals surface area contributed by atoms with E-state index in [1.54, 1.807) is 53.9 Å². The molecule has 0 N–H and O–H groups in total. The van der Waals surface area contributed by atoms with Crippen LogP contribution in [0.15, 0.2) is 64.6 Å². The van der Waals surface area contributed by atoms with Gasteiger partial charge in [0.15, 0.2) is 0 Å². The van der Waals surface area contributed by atoms with E-state index < -0.39 is 4.92 Å². The number of nitro groups is 1. The molecule has 2 heterocycles. The smallest absolute Gasteiger partial charge is 0.269 e. The summed E-state index contributed by atoms with van der Waals surface area (Å²) in [6.45, 7) is 0. The molecule has 0 saturated heterocycles. The molecule has 1 aromatic carbocycles. The zero-order valence-corrected chi connectivity index (χ0v) is 10.8. The van der Waals surface area contributed by atoms with Gasteiger partial charge in [-0.15, -0.1) is 0 Å². The topological polar surface area (TPSA) is 86.5 Å². The van der Waals surface area contributed by atoms with Crippen LogP contribution in [0.3, 0.4) is 0 Å². The van der Waals surface area contributed by atoms with Gasteiger partial charge in [-0.3, -0.25) is 10.1 Å². The lowest BCUT2D eigenvalue weighted by Gasteiger charge is -1.96. The van der Waals surface area contributed by atoms with Crippen molar-refractivity contribution in [1.82, 2.24) is 9.66 Å². The molecule has 3 rings (SSSR count). The summed E-state index contributed by atoms with van der Waals surface area (Å²) < 4.78 is 7.17. The van der Waals surface area contributed by atoms with Crippen LogP contribution < -0.4 is 0 Å². The van der Waals surface area contributed by atoms with Crippen molar-refractivity contribution in [1.29, 1.82) is 0 Å². The van der Waals surface area contributed by atoms with Crippen molar-refractivity contribution in [2.75, 3.05) is 0 Å². The first-order chi connectivity index (χ1) is 10.2. The number of aromatic nitrogens is 2. The minimum absolute atomic E-state index is 0.0483. The number of hydrogen-bond acceptors (Lipinski definition) is 5. The normalized spacial score (nSPS) is 11.0. The number of rotatable bonds is 4. The van der Waals surface area contributed by atoms with Crippen molar-refractivity contribution in [3.05, 3.63) is 71.0 Å². The molecule has 0 fully saturated rings. The van der Waals surface area contributed by atoms with E-state index in [0.717, 1.165) is 5.56 Å². The zero-order chi connectivity index (χ0) is 14.7. The second-order valence-corrected chi connectivity index (χ2v) is 4.19. The Morgan fingerprint density at radius 3 is 2.71 bits per heavy atom. The summed E-state index contributed by atoms with van der Waals surface area (Å²) in [5.41, 5.74) is 0.815. The predicted octanol–water partition coefficient (Wildman–Crippen LogP) is 2.93. The maximum absolute atomic E-state index is 10.6. The monoisotopic (exact) mass is 282 g/mol. The highest BCUT2D eigenvalue weighted by Gasteiger charge is 2.07. The maximum atomic E-state index is 10.6. The van der Waals surface area contributed by atoms with Crippen LogP contribution in [0.1, 0.15) is 5.76 Å². The number of nitrogens with zero attached hydrogens (tertiary/aromatic N) is 4. The minimum Gasteiger partial charge on any atom is -0.455 e. The molecule has 3 aromatic rings. The van der Waals surface area contributed by atoms with Gasteiger partial charge in [-0.05, 0) is 24.3 Å². The molecular weight excluding hydrogens is 272 g/mol. The lowest BCUT2D eigenvalue weighted by molar-refractivity contribution is -0.384. The van der Waals surface area contributed by atoms with Crippen LogP contribution in [0.2, 0.25) is 0 Å². The Kier molecular flexibility index (Phi) is 3.30. The van der Waals surface area contributed by atoms with Crippen LogP contribution in [0.25, 0.3) is 11.3 Å². The molecule has 2 aromatic heterocycles. The first kappa shape index (κ1) is 12.8. The molecule has 0 spiro atoms. The van der Waals surface area contributed by atoms with Crippen LogP contribution in [-0.4, -0.2) is 20.8 Å². The average Bonchev–Trinajstić information content (AvgIpc) is 3.17. The fraction of sp³-hybridized carbons (Fsp3) is 0. The highest BCUT2D eigenvalue weighted by atomic mass is 16.6. The lowest BCUT2D eigenvalue weighted by Crippen LogP contribution is -1.86. The van der Waals surface area contributed by atoms with E-state index in [9.17, 15) is 10.1 Å². The van der Waals surface area contributed by atoms with E-state index in [1.165, 1.54) is 12.1 Å². The van der Waals surface area contributed by atoms with Crippen molar-refractivity contribution in [2.24, 2.45) is 5.10 Å². The predicted molar refractivity (Wildman–Crippen MR) is 76.0 cm³/mol. The Hall–Kier alpha value is -3.22. The van der Waals surface area contributed by atoms with Gasteiger partial charge in [0, 0.05) is 30.1 Å². The highest BCUT2D eigenvalue weighted by Crippen LogP contribution is 2.23. The Balaban J connectivity index is 1.79. The van der Waals surface area contributed by atoms with E-state index in [2.05, 4.69) is 10.1 Å². The zero-order valence-electron chi connectivity index (χ0n) is 10.8. The van der Waals surface area contributed by atoms with E-state index in [1.807, 2.05) is 0 Å². The largest absolute Gasteiger partial charge is 0.455 e. The van der Waals surface area contributed by atoms with Gasteiger partial charge in [0.2, 0.25) is 0 Å². The molecule has 0 radical (unpaired) electrons. The number of hydrogen-bond donors (Lipinski definition) is 0. The second kappa shape index (κ2) is 5.41. The van der Waals surface area contributed by atoms with E-state index in [-0.39, 0.29) is 5.69 Å². The molecule has 0 amide bonds. The van der Waals surface area contributed by atoms with Gasteiger partial charge >= 0.3 is 0 Å². The summed E-state index contributed by atoms with van der Waals surface area (Å²) in [5, 5.41) is 14.7. The van der Waals surface area contributed by atoms with Gasteiger partial charge in [-0.2, -0.15) is 5.10 Å². The SMILES string of the molecule is O=[N+]([O-])c1ccc(-c2ccc(C=Nn3ccnc3)o2)cc1. The summed E-state index contributed by atoms with van der Waals surface area (Å²) >= 11 is 0. The van der Waals surface area contributed by atoms with Crippen molar-refractivity contribution < 1.29 is 9.34 Å². The highest BCUT2D eigenvalue weighted by molar-refractivity contribution is 5.77. The van der Waals surface area contributed by atoms with Crippen LogP contribution in [0.5, 0.6) is 0 Å². The average molecular weight is 282 g/mol. The van der Waals surface area contributed by atoms with E-state index >= 15 is 0 Å². The van der Waals surface area contributed by atoms with Crippen LogP contribution in [0.4, 0.5) is 5.69 Å². The Morgan fingerprint density at radius 1 is 1.24 bits per heavy atom. The van der Waals surface area contributed by atoms with Gasteiger partial charge in [-0.1, -0.05) is 0 Å². The summed E-state index contributed by atoms with van der Waals surface area (Å²) in [4.78, 5) is 14.0. The molecule has 0 aliphatic rings. The molecular formula is C14H10N4O3. The van der Waals surface area contributed by atoms with Gasteiger partial charge in [0.1, 0.15) is 17.8 Å². The molecule has 7 nitrogen and oxygen atoms in total. The minimum atomic E-state index is -0.435. The molecule has 104 valence electrons. The number of imidazole rings is 1. The molecule has 21 heavy (non-hydrogen) atoms. The third-order valence-corrected chi connectivity index (χ3v) is 2.80. The number of nitro benzene ring substituents is 1. The number of non-ortho nitro benzene ring substituents is 1. The van der Waals surface area contributed by atoms with E-state index in [0.29, 0.717) is 11.5 Å². The van der Waals surface area contributed by atoms with E-state index in [4.69, 9.17) is 4.42 Å². The van der Waals surface area contributed by atoms with Crippen molar-refractivity contribution in [3.8, 4) is 11.3 Å². The molecule has 0 bridgehead atoms. The molecule has 0 aliphatic heterocycles. The fourth-order valence-electron chi connectivity index (χ4n) is 1.77. The molecule has 0 unspecified atom stereocenters. The van der Waals surface area contributed by atoms with Gasteiger partial charge < -0.3 is 4.42 Å². The Morgan fingerprint density at radius 2 is 2.05 bits per heavy atom. The molecule has 0 atom stereocenters. The van der Waals surface area contributed by atoms with Crippen LogP contribution in [0, 0.1) is 10.1 Å². The van der Waals surface area contributed by atoms with Crippen molar-refractivity contribution in [3.63, 3.8) is 0 Å². The van der Waals surface area contributed by atoms with Crippen molar-refractivity contribution >= 4 is 11.9 Å².